The molecule has 6 heteroatoms. The van der Waals surface area contributed by atoms with Crippen LogP contribution in [0.1, 0.15) is 41.5 Å². The van der Waals surface area contributed by atoms with Crippen LogP contribution < -0.4 is 4.74 Å². The quantitative estimate of drug-likeness (QED) is 0.422. The van der Waals surface area contributed by atoms with Gasteiger partial charge in [-0.3, -0.25) is 4.90 Å². The zero-order chi connectivity index (χ0) is 21.1. The molecule has 0 bridgehead atoms. The summed E-state index contributed by atoms with van der Waals surface area (Å²) in [5.74, 6) is -1.31. The highest BCUT2D eigenvalue weighted by Gasteiger charge is 2.25. The molecule has 164 valence electrons. The molecule has 0 radical (unpaired) electrons. The molecule has 1 aromatic heterocycles. The number of nitrogens with zero attached hydrogens (tertiary/aromatic N) is 2. The minimum Gasteiger partial charge on any atom is -0.439 e. The van der Waals surface area contributed by atoms with Gasteiger partial charge in [-0.05, 0) is 54.6 Å². The molecule has 2 heterocycles. The van der Waals surface area contributed by atoms with Crippen LogP contribution in [0.4, 0.5) is 8.78 Å². The third kappa shape index (κ3) is 5.81. The Bertz CT molecular complexity index is 991. The van der Waals surface area contributed by atoms with E-state index >= 15 is 0 Å². The summed E-state index contributed by atoms with van der Waals surface area (Å²) in [5.41, 5.74) is 3.53. The van der Waals surface area contributed by atoms with Crippen LogP contribution in [0.5, 0.6) is 11.6 Å². The van der Waals surface area contributed by atoms with Crippen molar-refractivity contribution in [2.45, 2.75) is 38.7 Å². The van der Waals surface area contributed by atoms with E-state index < -0.39 is 5.92 Å². The summed E-state index contributed by atoms with van der Waals surface area (Å²) < 4.78 is 32.5. The summed E-state index contributed by atoms with van der Waals surface area (Å²) in [6.45, 7) is 5.91. The van der Waals surface area contributed by atoms with Gasteiger partial charge in [-0.15, -0.1) is 12.4 Å². The highest BCUT2D eigenvalue weighted by Crippen LogP contribution is 2.31. The lowest BCUT2D eigenvalue weighted by Gasteiger charge is -2.17. The molecule has 3 nitrogen and oxygen atoms in total. The van der Waals surface area contributed by atoms with Crippen molar-refractivity contribution in [1.82, 2.24) is 9.88 Å². The van der Waals surface area contributed by atoms with Crippen LogP contribution in [-0.4, -0.2) is 23.0 Å². The van der Waals surface area contributed by atoms with Gasteiger partial charge in [-0.2, -0.15) is 0 Å². The fourth-order valence-corrected chi connectivity index (χ4v) is 3.97. The van der Waals surface area contributed by atoms with Gasteiger partial charge in [0.05, 0.1) is 0 Å². The molecule has 1 atom stereocenters. The molecule has 0 amide bonds. The Labute approximate surface area is 188 Å². The van der Waals surface area contributed by atoms with E-state index in [2.05, 4.69) is 52.3 Å². The number of rotatable bonds is 6. The van der Waals surface area contributed by atoms with Crippen molar-refractivity contribution in [2.24, 2.45) is 0 Å². The fraction of sp³-hybridized carbons (Fsp3) is 0.320. The van der Waals surface area contributed by atoms with Gasteiger partial charge in [0.1, 0.15) is 5.75 Å². The monoisotopic (exact) mass is 444 g/mol. The summed E-state index contributed by atoms with van der Waals surface area (Å²) >= 11 is 0. The van der Waals surface area contributed by atoms with E-state index in [9.17, 15) is 8.78 Å². The van der Waals surface area contributed by atoms with E-state index in [1.807, 2.05) is 13.0 Å². The molecule has 1 fully saturated rings. The summed E-state index contributed by atoms with van der Waals surface area (Å²) in [7, 11) is 0. The molecule has 31 heavy (non-hydrogen) atoms. The number of alkyl halides is 2. The SMILES string of the molecule is Cc1cc(CN2CCC(c3ccccc3)C2)ccc1Oc1ccc(C(C)(F)F)cn1.Cl. The van der Waals surface area contributed by atoms with Gasteiger partial charge >= 0.3 is 0 Å². The topological polar surface area (TPSA) is 25.4 Å². The molecule has 0 aliphatic carbocycles. The van der Waals surface area contributed by atoms with E-state index in [-0.39, 0.29) is 18.0 Å². The number of aryl methyl sites for hydroxylation is 1. The maximum absolute atomic E-state index is 13.3. The van der Waals surface area contributed by atoms with Crippen LogP contribution in [0.15, 0.2) is 66.9 Å². The van der Waals surface area contributed by atoms with Crippen molar-refractivity contribution < 1.29 is 13.5 Å². The van der Waals surface area contributed by atoms with Gasteiger partial charge < -0.3 is 4.74 Å². The number of hydrogen-bond acceptors (Lipinski definition) is 3. The highest BCUT2D eigenvalue weighted by atomic mass is 35.5. The summed E-state index contributed by atoms with van der Waals surface area (Å²) in [6.07, 6.45) is 2.35. The van der Waals surface area contributed by atoms with Gasteiger partial charge in [0.2, 0.25) is 5.88 Å². The van der Waals surface area contributed by atoms with Crippen molar-refractivity contribution in [3.63, 3.8) is 0 Å². The van der Waals surface area contributed by atoms with Gasteiger partial charge in [-0.25, -0.2) is 13.8 Å². The Hall–Kier alpha value is -2.50. The van der Waals surface area contributed by atoms with E-state index in [0.29, 0.717) is 17.5 Å². The lowest BCUT2D eigenvalue weighted by Crippen LogP contribution is -2.19. The minimum absolute atomic E-state index is 0. The molecule has 1 aliphatic rings. The molecule has 1 aliphatic heterocycles. The smallest absolute Gasteiger partial charge is 0.272 e. The Morgan fingerprint density at radius 3 is 2.52 bits per heavy atom. The van der Waals surface area contributed by atoms with Crippen LogP contribution in [0.25, 0.3) is 0 Å². The largest absolute Gasteiger partial charge is 0.439 e. The van der Waals surface area contributed by atoms with Crippen LogP contribution in [-0.2, 0) is 12.5 Å². The normalized spacial score (nSPS) is 16.7. The number of hydrogen-bond donors (Lipinski definition) is 0. The number of halogens is 3. The number of pyridine rings is 1. The van der Waals surface area contributed by atoms with Crippen molar-refractivity contribution in [3.8, 4) is 11.6 Å². The number of aromatic nitrogens is 1. The van der Waals surface area contributed by atoms with Crippen LogP contribution >= 0.6 is 12.4 Å². The van der Waals surface area contributed by atoms with Crippen LogP contribution in [0.2, 0.25) is 0 Å². The predicted molar refractivity (Wildman–Crippen MR) is 121 cm³/mol. The average molecular weight is 445 g/mol. The number of likely N-dealkylation sites (tertiary alicyclic amines) is 1. The lowest BCUT2D eigenvalue weighted by atomic mass is 9.99. The van der Waals surface area contributed by atoms with Gasteiger partial charge in [0, 0.05) is 37.8 Å². The second-order valence-electron chi connectivity index (χ2n) is 8.11. The first kappa shape index (κ1) is 23.2. The molecule has 0 spiro atoms. The zero-order valence-corrected chi connectivity index (χ0v) is 18.5. The van der Waals surface area contributed by atoms with E-state index in [4.69, 9.17) is 4.74 Å². The summed E-state index contributed by atoms with van der Waals surface area (Å²) in [6, 6.07) is 19.7. The lowest BCUT2D eigenvalue weighted by molar-refractivity contribution is 0.0170. The zero-order valence-electron chi connectivity index (χ0n) is 17.7. The van der Waals surface area contributed by atoms with Gasteiger partial charge in [-0.1, -0.05) is 42.5 Å². The minimum atomic E-state index is -2.90. The van der Waals surface area contributed by atoms with Gasteiger partial charge in [0.15, 0.2) is 0 Å². The first-order valence-corrected chi connectivity index (χ1v) is 10.3. The summed E-state index contributed by atoms with van der Waals surface area (Å²) in [4.78, 5) is 6.50. The second kappa shape index (κ2) is 9.75. The molecule has 1 unspecified atom stereocenters. The first-order chi connectivity index (χ1) is 14.4. The standard InChI is InChI=1S/C25H26F2N2O.ClH/c1-18-14-19(16-29-13-12-21(17-29)20-6-4-3-5-7-20)8-10-23(18)30-24-11-9-22(15-28-24)25(2,26)27;/h3-11,14-15,21H,12-13,16-17H2,1-2H3;1H. The molecule has 4 rings (SSSR count). The maximum atomic E-state index is 13.3. The molecule has 0 N–H and O–H groups in total. The van der Waals surface area contributed by atoms with Crippen LogP contribution in [0.3, 0.4) is 0 Å². The van der Waals surface area contributed by atoms with E-state index in [1.54, 1.807) is 0 Å². The molecular formula is C25H27ClF2N2O. The molecule has 1 saturated heterocycles. The average Bonchev–Trinajstić information content (AvgIpc) is 3.19. The number of benzene rings is 2. The van der Waals surface area contributed by atoms with Crippen molar-refractivity contribution in [1.29, 1.82) is 0 Å². The maximum Gasteiger partial charge on any atom is 0.272 e. The van der Waals surface area contributed by atoms with Crippen molar-refractivity contribution in [2.75, 3.05) is 13.1 Å². The predicted octanol–water partition coefficient (Wildman–Crippen LogP) is 6.71. The first-order valence-electron chi connectivity index (χ1n) is 10.3. The molecular weight excluding hydrogens is 418 g/mol. The third-order valence-electron chi connectivity index (χ3n) is 5.65. The second-order valence-corrected chi connectivity index (χ2v) is 8.11. The number of ether oxygens (including phenoxy) is 1. The van der Waals surface area contributed by atoms with Crippen molar-refractivity contribution in [3.05, 3.63) is 89.1 Å². The highest BCUT2D eigenvalue weighted by molar-refractivity contribution is 5.85. The van der Waals surface area contributed by atoms with E-state index in [0.717, 1.165) is 38.3 Å². The molecule has 0 saturated carbocycles. The van der Waals surface area contributed by atoms with Crippen LogP contribution in [0, 0.1) is 6.92 Å². The fourth-order valence-electron chi connectivity index (χ4n) is 3.97. The molecule has 3 aromatic rings. The van der Waals surface area contributed by atoms with Gasteiger partial charge in [0.25, 0.3) is 5.92 Å². The van der Waals surface area contributed by atoms with E-state index in [1.165, 1.54) is 29.7 Å². The third-order valence-corrected chi connectivity index (χ3v) is 5.65. The molecule has 2 aromatic carbocycles. The Balaban J connectivity index is 0.00000272. The van der Waals surface area contributed by atoms with Crippen molar-refractivity contribution >= 4 is 12.4 Å². The Kier molecular flexibility index (Phi) is 7.29. The summed E-state index contributed by atoms with van der Waals surface area (Å²) in [5, 5.41) is 0. The Morgan fingerprint density at radius 2 is 1.87 bits per heavy atom. The Morgan fingerprint density at radius 1 is 1.10 bits per heavy atom.